The SMILES string of the molecule is Cc1cc(Cl)nc(Cl)c1NS(=O)(=O)c1cccc(Cl)c1F. The van der Waals surface area contributed by atoms with Crippen molar-refractivity contribution < 1.29 is 12.8 Å². The van der Waals surface area contributed by atoms with Gasteiger partial charge in [-0.05, 0) is 30.7 Å². The maximum Gasteiger partial charge on any atom is 0.264 e. The lowest BCUT2D eigenvalue weighted by atomic mass is 10.3. The van der Waals surface area contributed by atoms with Crippen LogP contribution >= 0.6 is 34.8 Å². The van der Waals surface area contributed by atoms with Crippen molar-refractivity contribution in [1.82, 2.24) is 4.98 Å². The highest BCUT2D eigenvalue weighted by Gasteiger charge is 2.23. The molecule has 0 amide bonds. The lowest BCUT2D eigenvalue weighted by Gasteiger charge is -2.12. The quantitative estimate of drug-likeness (QED) is 0.821. The monoisotopic (exact) mass is 368 g/mol. The van der Waals surface area contributed by atoms with Gasteiger partial charge in [-0.2, -0.15) is 0 Å². The van der Waals surface area contributed by atoms with Crippen LogP contribution < -0.4 is 4.72 Å². The normalized spacial score (nSPS) is 11.5. The molecule has 0 radical (unpaired) electrons. The van der Waals surface area contributed by atoms with Crippen LogP contribution in [-0.2, 0) is 10.0 Å². The zero-order chi connectivity index (χ0) is 15.8. The summed E-state index contributed by atoms with van der Waals surface area (Å²) in [5, 5.41) is -0.310. The molecule has 0 saturated carbocycles. The first-order valence-electron chi connectivity index (χ1n) is 5.52. The molecule has 1 aromatic heterocycles. The van der Waals surface area contributed by atoms with E-state index in [0.29, 0.717) is 5.56 Å². The fourth-order valence-electron chi connectivity index (χ4n) is 1.60. The van der Waals surface area contributed by atoms with Crippen LogP contribution in [0.4, 0.5) is 10.1 Å². The predicted octanol–water partition coefficient (Wildman–Crippen LogP) is 4.29. The Morgan fingerprint density at radius 1 is 1.24 bits per heavy atom. The molecule has 0 fully saturated rings. The van der Waals surface area contributed by atoms with Crippen molar-refractivity contribution in [2.45, 2.75) is 11.8 Å². The predicted molar refractivity (Wildman–Crippen MR) is 81.2 cm³/mol. The number of sulfonamides is 1. The molecule has 9 heteroatoms. The van der Waals surface area contributed by atoms with Gasteiger partial charge < -0.3 is 0 Å². The molecule has 0 atom stereocenters. The summed E-state index contributed by atoms with van der Waals surface area (Å²) in [6.45, 7) is 1.59. The van der Waals surface area contributed by atoms with Crippen molar-refractivity contribution in [2.75, 3.05) is 4.72 Å². The second kappa shape index (κ2) is 5.96. The van der Waals surface area contributed by atoms with Crippen LogP contribution in [0.1, 0.15) is 5.56 Å². The highest BCUT2D eigenvalue weighted by Crippen LogP contribution is 2.30. The van der Waals surface area contributed by atoms with Crippen molar-refractivity contribution in [1.29, 1.82) is 0 Å². The van der Waals surface area contributed by atoms with Crippen molar-refractivity contribution in [3.05, 3.63) is 51.0 Å². The van der Waals surface area contributed by atoms with Crippen molar-refractivity contribution in [2.24, 2.45) is 0 Å². The summed E-state index contributed by atoms with van der Waals surface area (Å²) < 4.78 is 40.5. The standard InChI is InChI=1S/C12H8Cl3FN2O2S/c1-6-5-9(14)17-12(15)11(6)18-21(19,20)8-4-2-3-7(13)10(8)16/h2-5,18H,1H3. The molecule has 112 valence electrons. The number of nitrogens with one attached hydrogen (secondary N) is 1. The molecule has 0 spiro atoms. The summed E-state index contributed by atoms with van der Waals surface area (Å²) in [7, 11) is -4.20. The van der Waals surface area contributed by atoms with Gasteiger partial charge in [0.2, 0.25) is 0 Å². The Kier molecular flexibility index (Phi) is 4.63. The van der Waals surface area contributed by atoms with Crippen LogP contribution in [0.25, 0.3) is 0 Å². The van der Waals surface area contributed by atoms with Gasteiger partial charge in [0.25, 0.3) is 10.0 Å². The molecular weight excluding hydrogens is 362 g/mol. The Hall–Kier alpha value is -1.08. The maximum atomic E-state index is 13.8. The van der Waals surface area contributed by atoms with Crippen molar-refractivity contribution in [3.8, 4) is 0 Å². The van der Waals surface area contributed by atoms with Crippen LogP contribution in [0.2, 0.25) is 15.3 Å². The molecule has 0 saturated heterocycles. The number of hydrogen-bond acceptors (Lipinski definition) is 3. The Morgan fingerprint density at radius 3 is 2.52 bits per heavy atom. The van der Waals surface area contributed by atoms with E-state index < -0.39 is 20.7 Å². The fraction of sp³-hybridized carbons (Fsp3) is 0.0833. The van der Waals surface area contributed by atoms with Gasteiger partial charge in [0.1, 0.15) is 10.0 Å². The zero-order valence-electron chi connectivity index (χ0n) is 10.5. The van der Waals surface area contributed by atoms with E-state index in [9.17, 15) is 12.8 Å². The van der Waals surface area contributed by atoms with Crippen LogP contribution in [0.3, 0.4) is 0 Å². The highest BCUT2D eigenvalue weighted by atomic mass is 35.5. The number of aryl methyl sites for hydroxylation is 1. The van der Waals surface area contributed by atoms with Crippen LogP contribution in [0.5, 0.6) is 0 Å². The number of halogens is 4. The van der Waals surface area contributed by atoms with E-state index in [4.69, 9.17) is 34.8 Å². The topological polar surface area (TPSA) is 59.1 Å². The number of rotatable bonds is 3. The first-order chi connectivity index (χ1) is 9.72. The maximum absolute atomic E-state index is 13.8. The summed E-state index contributed by atoms with van der Waals surface area (Å²) in [6, 6.07) is 5.10. The lowest BCUT2D eigenvalue weighted by Crippen LogP contribution is -2.16. The number of pyridine rings is 1. The van der Waals surface area contributed by atoms with E-state index in [-0.39, 0.29) is 21.0 Å². The Labute approximate surface area is 135 Å². The minimum atomic E-state index is -4.20. The summed E-state index contributed by atoms with van der Waals surface area (Å²) in [4.78, 5) is 3.15. The Morgan fingerprint density at radius 2 is 1.90 bits per heavy atom. The minimum absolute atomic E-state index is 0.0282. The van der Waals surface area contributed by atoms with Gasteiger partial charge in [-0.3, -0.25) is 4.72 Å². The smallest absolute Gasteiger partial charge is 0.264 e. The van der Waals surface area contributed by atoms with Gasteiger partial charge in [-0.15, -0.1) is 0 Å². The average Bonchev–Trinajstić information content (AvgIpc) is 2.37. The molecule has 1 N–H and O–H groups in total. The molecule has 0 aliphatic carbocycles. The van der Waals surface area contributed by atoms with E-state index in [2.05, 4.69) is 9.71 Å². The number of aromatic nitrogens is 1. The number of nitrogens with zero attached hydrogens (tertiary/aromatic N) is 1. The molecule has 2 aromatic rings. The van der Waals surface area contributed by atoms with E-state index in [1.807, 2.05) is 0 Å². The van der Waals surface area contributed by atoms with E-state index >= 15 is 0 Å². The van der Waals surface area contributed by atoms with Gasteiger partial charge in [0.05, 0.1) is 10.7 Å². The lowest BCUT2D eigenvalue weighted by molar-refractivity contribution is 0.570. The number of benzene rings is 1. The summed E-state index contributed by atoms with van der Waals surface area (Å²) >= 11 is 17.1. The minimum Gasteiger partial charge on any atom is -0.276 e. The van der Waals surface area contributed by atoms with E-state index in [1.54, 1.807) is 6.92 Å². The first-order valence-corrected chi connectivity index (χ1v) is 8.13. The van der Waals surface area contributed by atoms with Crippen LogP contribution in [0, 0.1) is 12.7 Å². The van der Waals surface area contributed by atoms with Crippen LogP contribution in [-0.4, -0.2) is 13.4 Å². The fourth-order valence-corrected chi connectivity index (χ4v) is 3.70. The molecule has 0 unspecified atom stereocenters. The molecular formula is C12H8Cl3FN2O2S. The van der Waals surface area contributed by atoms with Gasteiger partial charge in [0.15, 0.2) is 11.0 Å². The highest BCUT2D eigenvalue weighted by molar-refractivity contribution is 7.92. The molecule has 4 nitrogen and oxygen atoms in total. The van der Waals surface area contributed by atoms with E-state index in [1.165, 1.54) is 18.2 Å². The largest absolute Gasteiger partial charge is 0.276 e. The number of hydrogen-bond donors (Lipinski definition) is 1. The first kappa shape index (κ1) is 16.3. The molecule has 2 rings (SSSR count). The third-order valence-corrected chi connectivity index (χ3v) is 4.71. The van der Waals surface area contributed by atoms with Crippen molar-refractivity contribution in [3.63, 3.8) is 0 Å². The Balaban J connectivity index is 2.50. The Bertz CT molecular complexity index is 789. The van der Waals surface area contributed by atoms with Gasteiger partial charge in [-0.25, -0.2) is 17.8 Å². The second-order valence-electron chi connectivity index (χ2n) is 4.09. The van der Waals surface area contributed by atoms with Gasteiger partial charge in [0, 0.05) is 0 Å². The molecule has 0 aliphatic heterocycles. The zero-order valence-corrected chi connectivity index (χ0v) is 13.6. The molecule has 0 bridgehead atoms. The summed E-state index contributed by atoms with van der Waals surface area (Å²) in [5.74, 6) is -1.04. The molecule has 1 heterocycles. The number of anilines is 1. The van der Waals surface area contributed by atoms with Gasteiger partial charge >= 0.3 is 0 Å². The average molecular weight is 370 g/mol. The van der Waals surface area contributed by atoms with Crippen molar-refractivity contribution >= 4 is 50.5 Å². The summed E-state index contributed by atoms with van der Waals surface area (Å²) in [5.41, 5.74) is 0.478. The third kappa shape index (κ3) is 3.40. The second-order valence-corrected chi connectivity index (χ2v) is 6.89. The molecule has 0 aliphatic rings. The third-order valence-electron chi connectivity index (χ3n) is 2.58. The molecule has 21 heavy (non-hydrogen) atoms. The van der Waals surface area contributed by atoms with E-state index in [0.717, 1.165) is 6.07 Å². The molecule has 1 aromatic carbocycles. The van der Waals surface area contributed by atoms with Gasteiger partial charge in [-0.1, -0.05) is 40.9 Å². The summed E-state index contributed by atoms with van der Waals surface area (Å²) in [6.07, 6.45) is 0. The van der Waals surface area contributed by atoms with Crippen LogP contribution in [0.15, 0.2) is 29.2 Å².